The van der Waals surface area contributed by atoms with Crippen LogP contribution in [0.3, 0.4) is 0 Å². The molecule has 3 N–H and O–H groups in total. The molecule has 2 saturated heterocycles. The van der Waals surface area contributed by atoms with Crippen molar-refractivity contribution in [1.29, 1.82) is 0 Å². The summed E-state index contributed by atoms with van der Waals surface area (Å²) >= 11 is 0. The molecule has 2 aliphatic rings. The van der Waals surface area contributed by atoms with Gasteiger partial charge in [-0.25, -0.2) is 4.79 Å². The number of rotatable bonds is 2. The van der Waals surface area contributed by atoms with Crippen LogP contribution >= 0.6 is 0 Å². The van der Waals surface area contributed by atoms with Gasteiger partial charge in [0.25, 0.3) is 0 Å². The van der Waals surface area contributed by atoms with Gasteiger partial charge in [0.2, 0.25) is 0 Å². The molecule has 2 atom stereocenters. The molecule has 1 aromatic carbocycles. The van der Waals surface area contributed by atoms with Crippen LogP contribution in [0.5, 0.6) is 0 Å². The lowest BCUT2D eigenvalue weighted by Gasteiger charge is -2.35. The number of aliphatic carboxylic acids is 1. The Hall–Kier alpha value is -1.60. The Kier molecular flexibility index (Phi) is 5.08. The standard InChI is InChI=1S/C13H18N2.C2HF3O2/c1-2-4-11(5-3-1)8-13-7-6-12(15-13)9-14-10-13;3-2(4,5)1(6)7/h1-5,12,14-15H,6-10H2;(H,6,7). The minimum absolute atomic E-state index is 0.338. The molecule has 2 unspecified atom stereocenters. The highest BCUT2D eigenvalue weighted by molar-refractivity contribution is 5.73. The van der Waals surface area contributed by atoms with Gasteiger partial charge in [0.15, 0.2) is 0 Å². The molecule has 7 heteroatoms. The van der Waals surface area contributed by atoms with E-state index < -0.39 is 12.1 Å². The third-order valence-electron chi connectivity index (χ3n) is 3.96. The van der Waals surface area contributed by atoms with Crippen LogP contribution in [0.1, 0.15) is 18.4 Å². The van der Waals surface area contributed by atoms with E-state index in [1.807, 2.05) is 0 Å². The molecule has 0 spiro atoms. The third-order valence-corrected chi connectivity index (χ3v) is 3.96. The Balaban J connectivity index is 0.000000217. The Morgan fingerprint density at radius 2 is 1.95 bits per heavy atom. The van der Waals surface area contributed by atoms with Crippen molar-refractivity contribution in [3.05, 3.63) is 35.9 Å². The fraction of sp³-hybridized carbons (Fsp3) is 0.533. The molecule has 0 amide bonds. The van der Waals surface area contributed by atoms with Crippen molar-refractivity contribution in [3.63, 3.8) is 0 Å². The molecule has 0 aromatic heterocycles. The topological polar surface area (TPSA) is 61.4 Å². The number of alkyl halides is 3. The predicted molar refractivity (Wildman–Crippen MR) is 75.6 cm³/mol. The minimum atomic E-state index is -5.08. The van der Waals surface area contributed by atoms with Crippen molar-refractivity contribution in [2.24, 2.45) is 0 Å². The van der Waals surface area contributed by atoms with Gasteiger partial charge in [-0.2, -0.15) is 13.2 Å². The van der Waals surface area contributed by atoms with E-state index in [0.717, 1.165) is 19.5 Å². The number of hydrogen-bond acceptors (Lipinski definition) is 3. The van der Waals surface area contributed by atoms with Crippen LogP contribution < -0.4 is 10.6 Å². The fourth-order valence-electron chi connectivity index (χ4n) is 2.99. The predicted octanol–water partition coefficient (Wildman–Crippen LogP) is 1.96. The molecule has 2 heterocycles. The van der Waals surface area contributed by atoms with Crippen LogP contribution in [0.4, 0.5) is 13.2 Å². The first-order valence-electron chi connectivity index (χ1n) is 7.13. The molecular formula is C15H19F3N2O2. The molecule has 0 radical (unpaired) electrons. The maximum atomic E-state index is 10.6. The molecule has 2 aliphatic heterocycles. The summed E-state index contributed by atoms with van der Waals surface area (Å²) in [6, 6.07) is 11.5. The van der Waals surface area contributed by atoms with E-state index in [0.29, 0.717) is 11.6 Å². The van der Waals surface area contributed by atoms with E-state index in [9.17, 15) is 13.2 Å². The van der Waals surface area contributed by atoms with Crippen molar-refractivity contribution >= 4 is 5.97 Å². The number of benzene rings is 1. The Morgan fingerprint density at radius 3 is 2.55 bits per heavy atom. The molecule has 22 heavy (non-hydrogen) atoms. The van der Waals surface area contributed by atoms with Gasteiger partial charge in [0, 0.05) is 24.7 Å². The second-order valence-corrected chi connectivity index (χ2v) is 5.76. The van der Waals surface area contributed by atoms with Crippen molar-refractivity contribution in [2.75, 3.05) is 13.1 Å². The summed E-state index contributed by atoms with van der Waals surface area (Å²) in [5.74, 6) is -2.76. The van der Waals surface area contributed by atoms with Crippen LogP contribution in [0.2, 0.25) is 0 Å². The average molecular weight is 316 g/mol. The number of halogens is 3. The van der Waals surface area contributed by atoms with Crippen LogP contribution in [-0.2, 0) is 11.2 Å². The summed E-state index contributed by atoms with van der Waals surface area (Å²) in [5.41, 5.74) is 1.79. The summed E-state index contributed by atoms with van der Waals surface area (Å²) in [4.78, 5) is 8.90. The second-order valence-electron chi connectivity index (χ2n) is 5.76. The summed E-state index contributed by atoms with van der Waals surface area (Å²) in [5, 5.41) is 14.5. The Morgan fingerprint density at radius 1 is 1.32 bits per heavy atom. The summed E-state index contributed by atoms with van der Waals surface area (Å²) < 4.78 is 31.7. The van der Waals surface area contributed by atoms with Gasteiger partial charge in [0.05, 0.1) is 0 Å². The van der Waals surface area contributed by atoms with Crippen LogP contribution in [-0.4, -0.2) is 41.9 Å². The number of nitrogens with one attached hydrogen (secondary N) is 2. The van der Waals surface area contributed by atoms with Crippen LogP contribution in [0.25, 0.3) is 0 Å². The van der Waals surface area contributed by atoms with Gasteiger partial charge >= 0.3 is 12.1 Å². The maximum Gasteiger partial charge on any atom is 0.490 e. The van der Waals surface area contributed by atoms with Gasteiger partial charge in [-0.05, 0) is 24.8 Å². The van der Waals surface area contributed by atoms with E-state index in [-0.39, 0.29) is 0 Å². The zero-order valence-corrected chi connectivity index (χ0v) is 12.0. The molecule has 2 fully saturated rings. The number of carbonyl (C=O) groups is 1. The Labute approximate surface area is 126 Å². The highest BCUT2D eigenvalue weighted by Crippen LogP contribution is 2.29. The van der Waals surface area contributed by atoms with E-state index in [2.05, 4.69) is 41.0 Å². The van der Waals surface area contributed by atoms with Gasteiger partial charge < -0.3 is 15.7 Å². The number of hydrogen-bond donors (Lipinski definition) is 3. The molecule has 3 rings (SSSR count). The van der Waals surface area contributed by atoms with Crippen molar-refractivity contribution in [1.82, 2.24) is 10.6 Å². The lowest BCUT2D eigenvalue weighted by Crippen LogP contribution is -2.59. The number of carboxylic acids is 1. The SMILES string of the molecule is O=C(O)C(F)(F)F.c1ccc(CC23CCC(CNC2)N3)cc1. The smallest absolute Gasteiger partial charge is 0.475 e. The quantitative estimate of drug-likeness (QED) is 0.780. The zero-order chi connectivity index (χ0) is 16.2. The van der Waals surface area contributed by atoms with E-state index in [4.69, 9.17) is 9.90 Å². The minimum Gasteiger partial charge on any atom is -0.475 e. The second kappa shape index (κ2) is 6.66. The van der Waals surface area contributed by atoms with E-state index in [1.165, 1.54) is 18.4 Å². The first-order valence-corrected chi connectivity index (χ1v) is 7.13. The number of carboxylic acid groups (broad SMARTS) is 1. The fourth-order valence-corrected chi connectivity index (χ4v) is 2.99. The van der Waals surface area contributed by atoms with Crippen LogP contribution in [0, 0.1) is 0 Å². The van der Waals surface area contributed by atoms with Crippen molar-refractivity contribution < 1.29 is 23.1 Å². The number of piperazine rings is 1. The van der Waals surface area contributed by atoms with Crippen molar-refractivity contribution in [2.45, 2.75) is 37.0 Å². The molecule has 4 nitrogen and oxygen atoms in total. The molecule has 1 aromatic rings. The first kappa shape index (κ1) is 16.8. The molecular weight excluding hydrogens is 297 g/mol. The van der Waals surface area contributed by atoms with Crippen molar-refractivity contribution in [3.8, 4) is 0 Å². The molecule has 122 valence electrons. The normalized spacial score (nSPS) is 27.0. The summed E-state index contributed by atoms with van der Waals surface area (Å²) in [6.45, 7) is 2.27. The average Bonchev–Trinajstić information content (AvgIpc) is 2.74. The molecule has 0 aliphatic carbocycles. The largest absolute Gasteiger partial charge is 0.490 e. The first-order chi connectivity index (χ1) is 10.3. The highest BCUT2D eigenvalue weighted by atomic mass is 19.4. The summed E-state index contributed by atoms with van der Waals surface area (Å²) in [7, 11) is 0. The van der Waals surface area contributed by atoms with E-state index >= 15 is 0 Å². The molecule has 0 saturated carbocycles. The summed E-state index contributed by atoms with van der Waals surface area (Å²) in [6.07, 6.45) is -1.27. The number of fused-ring (bicyclic) bond motifs is 2. The van der Waals surface area contributed by atoms with Crippen LogP contribution in [0.15, 0.2) is 30.3 Å². The zero-order valence-electron chi connectivity index (χ0n) is 12.0. The van der Waals surface area contributed by atoms with E-state index in [1.54, 1.807) is 0 Å². The Bertz CT molecular complexity index is 503. The van der Waals surface area contributed by atoms with Gasteiger partial charge in [-0.1, -0.05) is 30.3 Å². The van der Waals surface area contributed by atoms with Gasteiger partial charge in [-0.15, -0.1) is 0 Å². The highest BCUT2D eigenvalue weighted by Gasteiger charge is 2.41. The molecule has 2 bridgehead atoms. The monoisotopic (exact) mass is 316 g/mol. The lowest BCUT2D eigenvalue weighted by molar-refractivity contribution is -0.192. The maximum absolute atomic E-state index is 10.6. The van der Waals surface area contributed by atoms with Gasteiger partial charge in [0.1, 0.15) is 0 Å². The van der Waals surface area contributed by atoms with Gasteiger partial charge in [-0.3, -0.25) is 0 Å². The third kappa shape index (κ3) is 4.45. The lowest BCUT2D eigenvalue weighted by atomic mass is 9.89.